The maximum Gasteiger partial charge on any atom is 0.430 e. The predicted octanol–water partition coefficient (Wildman–Crippen LogP) is -0.0310. The number of rotatable bonds is 17. The fourth-order valence-corrected chi connectivity index (χ4v) is 3.26. The summed E-state index contributed by atoms with van der Waals surface area (Å²) in [5.74, 6) is -6.94. The van der Waals surface area contributed by atoms with Crippen LogP contribution < -0.4 is 26.8 Å². The van der Waals surface area contributed by atoms with Gasteiger partial charge in [-0.3, -0.25) is 28.8 Å². The highest BCUT2D eigenvalue weighted by atomic mass is 19.4. The molecule has 0 aliphatic carbocycles. The summed E-state index contributed by atoms with van der Waals surface area (Å²) in [6.45, 7) is 17.1. The number of carboxylic acids is 1. The van der Waals surface area contributed by atoms with Crippen molar-refractivity contribution in [2.45, 2.75) is 105 Å². The van der Waals surface area contributed by atoms with Crippen LogP contribution in [-0.4, -0.2) is 136 Å². The molecule has 1 heterocycles. The van der Waals surface area contributed by atoms with Crippen molar-refractivity contribution in [2.75, 3.05) is 52.6 Å². The number of esters is 5. The van der Waals surface area contributed by atoms with Crippen LogP contribution in [0.15, 0.2) is 10.2 Å². The Morgan fingerprint density at radius 3 is 1.63 bits per heavy atom. The van der Waals surface area contributed by atoms with Crippen LogP contribution in [0.4, 0.5) is 18.0 Å². The fourth-order valence-electron chi connectivity index (χ4n) is 3.26. The van der Waals surface area contributed by atoms with Crippen molar-refractivity contribution in [1.82, 2.24) is 16.0 Å². The number of carboxylic acid groups (broad SMARTS) is 1. The fraction of sp³-hybridized carbons (Fsp3) is 0.727. The number of carbonyl (C=O) groups excluding carboxylic acids is 9. The van der Waals surface area contributed by atoms with E-state index in [2.05, 4.69) is 51.2 Å². The van der Waals surface area contributed by atoms with E-state index < -0.39 is 83.2 Å². The third-order valence-electron chi connectivity index (χ3n) is 5.20. The van der Waals surface area contributed by atoms with Gasteiger partial charge in [-0.15, -0.1) is 0 Å². The molecule has 354 valence electrons. The van der Waals surface area contributed by atoms with Gasteiger partial charge in [0.2, 0.25) is 11.8 Å². The Morgan fingerprint density at radius 2 is 1.29 bits per heavy atom. The van der Waals surface area contributed by atoms with Gasteiger partial charge in [0, 0.05) is 50.2 Å². The number of carbonyl (C=O) groups is 9. The Bertz CT molecular complexity index is 1550. The highest BCUT2D eigenvalue weighted by Crippen LogP contribution is 2.13. The maximum absolute atomic E-state index is 12.1. The van der Waals surface area contributed by atoms with Crippen molar-refractivity contribution in [3.05, 3.63) is 20.9 Å². The van der Waals surface area contributed by atoms with E-state index in [4.69, 9.17) is 39.9 Å². The molecule has 29 heteroatoms. The molecule has 1 fully saturated rings. The molecule has 1 aliphatic heterocycles. The highest BCUT2D eigenvalue weighted by molar-refractivity contribution is 5.97. The summed E-state index contributed by atoms with van der Waals surface area (Å²) in [6, 6.07) is -1.94. The minimum atomic E-state index is -5.19. The lowest BCUT2D eigenvalue weighted by atomic mass is 10.1. The SMILES string of the molecule is CC(=O)N[C@@H](CC(=O)OC(C)(C)C)C(=O)NCCOCCN=[N+]=[N-].CC(=O)OC(C)=O.CC(C)(C)OC(=O)C[C@@H]1NC(=O)OC1=O.O=C([O-])C(F)(F)F.[N-]=[N+]=NCCOCC[NH3+]. The predicted molar refractivity (Wildman–Crippen MR) is 201 cm³/mol. The monoisotopic (exact) mass is 904 g/mol. The minimum absolute atomic E-state index is 0.194. The number of azide groups is 2. The molecule has 0 aromatic carbocycles. The standard InChI is InChI=1S/C14H25N5O5.C9H13NO5.C4H10N4O.C4H6O3.C2HF3O2/c1-10(20)18-11(9-12(21)24-14(2,3)4)13(22)16-5-7-23-8-6-17-19-15;1-9(2,3)15-6(11)4-5-7(12)14-8(13)10-5;5-1-3-9-4-2-7-8-6;1-3(5)7-4(2)6;3-2(4,5)1(6)7/h11H,5-9H2,1-4H3,(H,16,22)(H,18,20);5H,4H2,1-3H3,(H,10,13);1-5H2;1-2H3;(H,6,7)/t11-;5-;;;/m00.../s1. The number of halogens is 3. The molecule has 0 spiro atoms. The molecule has 0 radical (unpaired) electrons. The number of amides is 3. The van der Waals surface area contributed by atoms with Gasteiger partial charge < -0.3 is 60.0 Å². The third kappa shape index (κ3) is 46.4. The van der Waals surface area contributed by atoms with Gasteiger partial charge in [0.05, 0.1) is 45.8 Å². The van der Waals surface area contributed by atoms with Crippen LogP contribution in [-0.2, 0) is 66.8 Å². The van der Waals surface area contributed by atoms with E-state index in [9.17, 15) is 51.5 Å². The zero-order valence-electron chi connectivity index (χ0n) is 35.8. The average Bonchev–Trinajstić information content (AvgIpc) is 3.40. The third-order valence-corrected chi connectivity index (χ3v) is 5.20. The van der Waals surface area contributed by atoms with Crippen molar-refractivity contribution in [3.63, 3.8) is 0 Å². The molecule has 0 saturated carbocycles. The number of cyclic esters (lactones) is 2. The number of alkyl halides is 3. The Hall–Kier alpha value is -6.28. The largest absolute Gasteiger partial charge is 0.542 e. The van der Waals surface area contributed by atoms with E-state index in [-0.39, 0.29) is 39.1 Å². The molecule has 0 unspecified atom stereocenters. The van der Waals surface area contributed by atoms with Gasteiger partial charge in [-0.25, -0.2) is 9.59 Å². The molecule has 0 aromatic rings. The summed E-state index contributed by atoms with van der Waals surface area (Å²) in [5, 5.41) is 22.5. The van der Waals surface area contributed by atoms with Crippen LogP contribution in [0.3, 0.4) is 0 Å². The van der Waals surface area contributed by atoms with Crippen LogP contribution in [0.2, 0.25) is 0 Å². The van der Waals surface area contributed by atoms with Gasteiger partial charge in [0.1, 0.15) is 29.3 Å². The van der Waals surface area contributed by atoms with Crippen molar-refractivity contribution >= 4 is 53.7 Å². The lowest BCUT2D eigenvalue weighted by Crippen LogP contribution is -2.52. The number of ether oxygens (including phenoxy) is 6. The molecule has 0 aromatic heterocycles. The average molecular weight is 905 g/mol. The Morgan fingerprint density at radius 1 is 0.839 bits per heavy atom. The number of nitrogens with one attached hydrogen (secondary N) is 3. The van der Waals surface area contributed by atoms with Crippen molar-refractivity contribution in [3.8, 4) is 0 Å². The summed E-state index contributed by atoms with van der Waals surface area (Å²) in [6.07, 6.45) is -6.49. The first-order valence-electron chi connectivity index (χ1n) is 17.9. The van der Waals surface area contributed by atoms with Gasteiger partial charge in [-0.2, -0.15) is 13.2 Å². The van der Waals surface area contributed by atoms with E-state index in [0.29, 0.717) is 19.8 Å². The quantitative estimate of drug-likeness (QED) is 0.0283. The van der Waals surface area contributed by atoms with Gasteiger partial charge >= 0.3 is 42.1 Å². The second-order valence-electron chi connectivity index (χ2n) is 13.4. The summed E-state index contributed by atoms with van der Waals surface area (Å²) in [5.41, 5.74) is 18.2. The van der Waals surface area contributed by atoms with E-state index in [0.717, 1.165) is 6.54 Å². The molecule has 1 rings (SSSR count). The normalized spacial score (nSPS) is 13.0. The van der Waals surface area contributed by atoms with Gasteiger partial charge in [-0.05, 0) is 52.6 Å². The first-order chi connectivity index (χ1) is 28.4. The topological polar surface area (TPSA) is 393 Å². The first-order valence-corrected chi connectivity index (χ1v) is 17.9. The summed E-state index contributed by atoms with van der Waals surface area (Å²) < 4.78 is 60.0. The van der Waals surface area contributed by atoms with Crippen molar-refractivity contribution in [1.29, 1.82) is 0 Å². The molecule has 1 aliphatic rings. The molecule has 62 heavy (non-hydrogen) atoms. The molecular weight excluding hydrogens is 849 g/mol. The van der Waals surface area contributed by atoms with Crippen molar-refractivity contribution < 1.29 is 95.6 Å². The lowest BCUT2D eigenvalue weighted by molar-refractivity contribution is -0.374. The summed E-state index contributed by atoms with van der Waals surface area (Å²) >= 11 is 0. The number of hydrogen-bond donors (Lipinski definition) is 4. The van der Waals surface area contributed by atoms with E-state index >= 15 is 0 Å². The van der Waals surface area contributed by atoms with Gasteiger partial charge in [0.15, 0.2) is 0 Å². The maximum atomic E-state index is 12.1. The summed E-state index contributed by atoms with van der Waals surface area (Å²) in [4.78, 5) is 101. The van der Waals surface area contributed by atoms with Crippen LogP contribution in [0, 0.1) is 0 Å². The van der Waals surface area contributed by atoms with Crippen LogP contribution in [0.5, 0.6) is 0 Å². The second kappa shape index (κ2) is 34.4. The molecule has 2 atom stereocenters. The number of hydrogen-bond acceptors (Lipinski definition) is 18. The Labute approximate surface area is 353 Å². The minimum Gasteiger partial charge on any atom is -0.542 e. The Kier molecular flexibility index (Phi) is 34.6. The van der Waals surface area contributed by atoms with E-state index in [1.807, 2.05) is 0 Å². The molecule has 6 N–H and O–H groups in total. The summed E-state index contributed by atoms with van der Waals surface area (Å²) in [7, 11) is 0. The van der Waals surface area contributed by atoms with Crippen molar-refractivity contribution in [2.24, 2.45) is 10.2 Å². The van der Waals surface area contributed by atoms with Gasteiger partial charge in [-0.1, -0.05) is 10.2 Å². The van der Waals surface area contributed by atoms with Crippen LogP contribution in [0.1, 0.15) is 75.2 Å². The molecule has 1 saturated heterocycles. The first kappa shape index (κ1) is 62.4. The zero-order chi connectivity index (χ0) is 49.1. The van der Waals surface area contributed by atoms with E-state index in [1.165, 1.54) is 20.8 Å². The Balaban J connectivity index is -0.000000375. The molecular formula is C33H55F3N10O16. The number of aliphatic carboxylic acids is 1. The highest BCUT2D eigenvalue weighted by Gasteiger charge is 2.35. The zero-order valence-corrected chi connectivity index (χ0v) is 35.8. The number of alkyl carbamates (subject to hydrolysis) is 1. The smallest absolute Gasteiger partial charge is 0.430 e. The molecule has 0 bridgehead atoms. The van der Waals surface area contributed by atoms with Crippen LogP contribution >= 0.6 is 0 Å². The molecule has 3 amide bonds. The lowest BCUT2D eigenvalue weighted by Gasteiger charge is -2.22. The second-order valence-corrected chi connectivity index (χ2v) is 13.4. The van der Waals surface area contributed by atoms with E-state index in [1.54, 1.807) is 41.5 Å². The van der Waals surface area contributed by atoms with Crippen LogP contribution in [0.25, 0.3) is 20.9 Å². The molecule has 26 nitrogen and oxygen atoms in total. The number of nitrogens with zero attached hydrogens (tertiary/aromatic N) is 6. The number of quaternary nitrogens is 1. The van der Waals surface area contributed by atoms with Gasteiger partial charge in [0.25, 0.3) is 0 Å².